The highest BCUT2D eigenvalue weighted by Crippen LogP contribution is 2.35. The molecule has 6 aromatic rings. The van der Waals surface area contributed by atoms with Crippen molar-refractivity contribution in [3.63, 3.8) is 0 Å². The first-order chi connectivity index (χ1) is 15.4. The van der Waals surface area contributed by atoms with Crippen molar-refractivity contribution in [3.05, 3.63) is 115 Å². The van der Waals surface area contributed by atoms with Crippen LogP contribution in [0.25, 0.3) is 27.6 Å². The Morgan fingerprint density at radius 3 is 2.00 bits per heavy atom. The maximum atomic E-state index is 6.20. The summed E-state index contributed by atoms with van der Waals surface area (Å²) in [6.45, 7) is 0. The quantitative estimate of drug-likeness (QED) is 0.312. The van der Waals surface area contributed by atoms with E-state index in [1.165, 1.54) is 0 Å². The van der Waals surface area contributed by atoms with Crippen molar-refractivity contribution in [1.29, 1.82) is 0 Å². The molecule has 0 bridgehead atoms. The second-order valence-corrected chi connectivity index (χ2v) is 7.38. The summed E-state index contributed by atoms with van der Waals surface area (Å²) in [7, 11) is 0. The molecule has 2 heterocycles. The lowest BCUT2D eigenvalue weighted by Crippen LogP contribution is -2.11. The van der Waals surface area contributed by atoms with E-state index >= 15 is 0 Å². The van der Waals surface area contributed by atoms with Gasteiger partial charge in [-0.25, -0.2) is 4.68 Å². The van der Waals surface area contributed by atoms with E-state index in [2.05, 4.69) is 41.3 Å². The Kier molecular flexibility index (Phi) is 4.06. The Balaban J connectivity index is 1.50. The molecule has 0 amide bonds. The molecule has 0 saturated heterocycles. The molecule has 2 aromatic heterocycles. The minimum atomic E-state index is 0.837. The predicted molar refractivity (Wildman–Crippen MR) is 126 cm³/mol. The van der Waals surface area contributed by atoms with Crippen molar-refractivity contribution in [2.45, 2.75) is 0 Å². The number of anilines is 3. The van der Waals surface area contributed by atoms with Gasteiger partial charge in [-0.1, -0.05) is 66.7 Å². The van der Waals surface area contributed by atoms with Crippen LogP contribution in [0.5, 0.6) is 0 Å². The third-order valence-electron chi connectivity index (χ3n) is 5.46. The minimum absolute atomic E-state index is 0.837. The van der Waals surface area contributed by atoms with Crippen LogP contribution in [0.1, 0.15) is 0 Å². The van der Waals surface area contributed by atoms with Gasteiger partial charge in [-0.05, 0) is 36.4 Å². The Morgan fingerprint density at radius 2 is 1.26 bits per heavy atom. The summed E-state index contributed by atoms with van der Waals surface area (Å²) >= 11 is 0. The first-order valence-corrected chi connectivity index (χ1v) is 10.2. The van der Waals surface area contributed by atoms with E-state index in [0.717, 1.165) is 44.8 Å². The number of aromatic nitrogens is 2. The summed E-state index contributed by atoms with van der Waals surface area (Å²) in [5.41, 5.74) is 4.75. The second-order valence-electron chi connectivity index (χ2n) is 7.38. The van der Waals surface area contributed by atoms with Crippen molar-refractivity contribution in [3.8, 4) is 5.69 Å². The molecule has 0 N–H and O–H groups in total. The number of fused-ring (bicyclic) bond motifs is 3. The Labute approximate surface area is 179 Å². The average Bonchev–Trinajstić information content (AvgIpc) is 3.46. The summed E-state index contributed by atoms with van der Waals surface area (Å²) in [5.74, 6) is 0.838. The van der Waals surface area contributed by atoms with Crippen molar-refractivity contribution >= 4 is 39.1 Å². The Hall–Kier alpha value is -4.31. The summed E-state index contributed by atoms with van der Waals surface area (Å²) in [6.07, 6.45) is 1.98. The van der Waals surface area contributed by atoms with Crippen LogP contribution in [0.4, 0.5) is 17.2 Å². The van der Waals surface area contributed by atoms with Gasteiger partial charge in [0.25, 0.3) is 0 Å². The van der Waals surface area contributed by atoms with Crippen LogP contribution in [0.3, 0.4) is 0 Å². The van der Waals surface area contributed by atoms with Crippen LogP contribution < -0.4 is 4.90 Å². The molecule has 0 fully saturated rings. The Morgan fingerprint density at radius 1 is 0.613 bits per heavy atom. The van der Waals surface area contributed by atoms with E-state index in [-0.39, 0.29) is 0 Å². The molecule has 148 valence electrons. The van der Waals surface area contributed by atoms with Gasteiger partial charge < -0.3 is 4.42 Å². The zero-order valence-electron chi connectivity index (χ0n) is 16.7. The summed E-state index contributed by atoms with van der Waals surface area (Å²) in [4.78, 5) is 2.15. The van der Waals surface area contributed by atoms with Gasteiger partial charge in [0.15, 0.2) is 11.4 Å². The molecule has 4 aromatic carbocycles. The van der Waals surface area contributed by atoms with E-state index < -0.39 is 0 Å². The van der Waals surface area contributed by atoms with Crippen LogP contribution >= 0.6 is 0 Å². The smallest absolute Gasteiger partial charge is 0.161 e. The first kappa shape index (κ1) is 17.5. The normalized spacial score (nSPS) is 11.2. The molecule has 0 unspecified atom stereocenters. The monoisotopic (exact) mass is 401 g/mol. The van der Waals surface area contributed by atoms with E-state index in [9.17, 15) is 0 Å². The van der Waals surface area contributed by atoms with E-state index in [1.54, 1.807) is 0 Å². The van der Waals surface area contributed by atoms with E-state index in [0.29, 0.717) is 0 Å². The van der Waals surface area contributed by atoms with Crippen molar-refractivity contribution < 1.29 is 4.42 Å². The minimum Gasteiger partial charge on any atom is -0.454 e. The van der Waals surface area contributed by atoms with Crippen molar-refractivity contribution in [2.24, 2.45) is 0 Å². The molecule has 0 aliphatic heterocycles. The topological polar surface area (TPSA) is 34.2 Å². The molecule has 0 atom stereocenters. The fourth-order valence-electron chi connectivity index (χ4n) is 4.05. The van der Waals surface area contributed by atoms with E-state index in [4.69, 9.17) is 9.52 Å². The van der Waals surface area contributed by atoms with Gasteiger partial charge in [0.1, 0.15) is 11.3 Å². The zero-order valence-corrected chi connectivity index (χ0v) is 16.7. The van der Waals surface area contributed by atoms with Gasteiger partial charge >= 0.3 is 0 Å². The number of nitrogens with zero attached hydrogens (tertiary/aromatic N) is 3. The summed E-state index contributed by atoms with van der Waals surface area (Å²) < 4.78 is 8.09. The standard InChI is InChI=1S/C27H19N3O/c1-3-10-20(11-4-1)30(21-12-5-2-6-13-21)26-18-19-29(28-26)24-16-9-15-23-22-14-7-8-17-25(22)31-27(23)24/h1-19H. The maximum absolute atomic E-state index is 6.20. The number of hydrogen-bond donors (Lipinski definition) is 0. The summed E-state index contributed by atoms with van der Waals surface area (Å²) in [5, 5.41) is 7.14. The van der Waals surface area contributed by atoms with E-state index in [1.807, 2.05) is 83.7 Å². The lowest BCUT2D eigenvalue weighted by Gasteiger charge is -2.22. The molecule has 0 aliphatic carbocycles. The van der Waals surface area contributed by atoms with Crippen LogP contribution in [0.15, 0.2) is 120 Å². The number of hydrogen-bond acceptors (Lipinski definition) is 3. The van der Waals surface area contributed by atoms with Crippen LogP contribution in [-0.2, 0) is 0 Å². The largest absolute Gasteiger partial charge is 0.454 e. The molecule has 6 rings (SSSR count). The zero-order chi connectivity index (χ0) is 20.6. The fourth-order valence-corrected chi connectivity index (χ4v) is 4.05. The summed E-state index contributed by atoms with van der Waals surface area (Å²) in [6, 6.07) is 36.9. The average molecular weight is 401 g/mol. The lowest BCUT2D eigenvalue weighted by molar-refractivity contribution is 0.662. The highest BCUT2D eigenvalue weighted by molar-refractivity contribution is 6.07. The van der Waals surface area contributed by atoms with Crippen molar-refractivity contribution in [2.75, 3.05) is 4.90 Å². The first-order valence-electron chi connectivity index (χ1n) is 10.2. The van der Waals surface area contributed by atoms with Gasteiger partial charge in [-0.2, -0.15) is 0 Å². The van der Waals surface area contributed by atoms with Gasteiger partial charge in [0, 0.05) is 34.4 Å². The molecule has 0 radical (unpaired) electrons. The fraction of sp³-hybridized carbons (Fsp3) is 0. The predicted octanol–water partition coefficient (Wildman–Crippen LogP) is 7.24. The highest BCUT2D eigenvalue weighted by atomic mass is 16.3. The third kappa shape index (κ3) is 2.97. The molecule has 0 saturated carbocycles. The SMILES string of the molecule is c1ccc(N(c2ccccc2)c2ccn(-c3cccc4c3oc3ccccc34)n2)cc1. The number of furan rings is 1. The molecule has 0 spiro atoms. The van der Waals surface area contributed by atoms with Crippen LogP contribution in [-0.4, -0.2) is 9.78 Å². The number of benzene rings is 4. The van der Waals surface area contributed by atoms with Gasteiger partial charge in [0.05, 0.1) is 0 Å². The molecule has 4 heteroatoms. The Bertz CT molecular complexity index is 1440. The molecular weight excluding hydrogens is 382 g/mol. The number of para-hydroxylation sites is 4. The van der Waals surface area contributed by atoms with Gasteiger partial charge in [-0.3, -0.25) is 4.90 Å². The second kappa shape index (κ2) is 7.18. The highest BCUT2D eigenvalue weighted by Gasteiger charge is 2.17. The molecule has 31 heavy (non-hydrogen) atoms. The van der Waals surface area contributed by atoms with Crippen LogP contribution in [0, 0.1) is 0 Å². The molecular formula is C27H19N3O. The van der Waals surface area contributed by atoms with Crippen molar-refractivity contribution in [1.82, 2.24) is 9.78 Å². The molecule has 0 aliphatic rings. The number of rotatable bonds is 4. The van der Waals surface area contributed by atoms with Crippen LogP contribution in [0.2, 0.25) is 0 Å². The third-order valence-corrected chi connectivity index (χ3v) is 5.46. The maximum Gasteiger partial charge on any atom is 0.161 e. The van der Waals surface area contributed by atoms with Gasteiger partial charge in [-0.15, -0.1) is 5.10 Å². The lowest BCUT2D eigenvalue weighted by atomic mass is 10.1. The van der Waals surface area contributed by atoms with Gasteiger partial charge in [0.2, 0.25) is 0 Å². The molecule has 4 nitrogen and oxygen atoms in total.